The number of aromatic nitrogens is 4. The smallest absolute Gasteiger partial charge is 0.303 e. The number of aryl methyl sites for hydroxylation is 2. The molecule has 0 unspecified atom stereocenters. The van der Waals surface area contributed by atoms with Crippen LogP contribution in [-0.4, -0.2) is 48.0 Å². The number of aliphatic carboxylic acids is 1. The van der Waals surface area contributed by atoms with Gasteiger partial charge in [-0.05, 0) is 25.3 Å². The highest BCUT2D eigenvalue weighted by molar-refractivity contribution is 5.95. The predicted octanol–water partition coefficient (Wildman–Crippen LogP) is 1.09. The molecule has 8 nitrogen and oxygen atoms in total. The normalized spacial score (nSPS) is 16.4. The van der Waals surface area contributed by atoms with Crippen LogP contribution in [0.1, 0.15) is 46.7 Å². The number of hydrogen-bond donors (Lipinski definition) is 1. The van der Waals surface area contributed by atoms with Crippen molar-refractivity contribution in [2.45, 2.75) is 51.7 Å². The lowest BCUT2D eigenvalue weighted by atomic mass is 10.1. The van der Waals surface area contributed by atoms with E-state index in [1.165, 1.54) is 0 Å². The lowest BCUT2D eigenvalue weighted by molar-refractivity contribution is -0.136. The van der Waals surface area contributed by atoms with E-state index in [0.29, 0.717) is 26.1 Å². The van der Waals surface area contributed by atoms with Crippen LogP contribution >= 0.6 is 0 Å². The highest BCUT2D eigenvalue weighted by Crippen LogP contribution is 2.22. The van der Waals surface area contributed by atoms with Gasteiger partial charge < -0.3 is 10.0 Å². The molecule has 2 aromatic heterocycles. The maximum Gasteiger partial charge on any atom is 0.303 e. The average Bonchev–Trinajstić information content (AvgIpc) is 3.22. The number of carbonyl (C=O) groups is 2. The lowest BCUT2D eigenvalue weighted by Crippen LogP contribution is -2.38. The minimum atomic E-state index is -0.825. The van der Waals surface area contributed by atoms with Crippen molar-refractivity contribution in [3.8, 4) is 0 Å². The number of fused-ring (bicyclic) bond motifs is 2. The molecular formula is C17H21N5O3. The molecule has 0 aliphatic carbocycles. The van der Waals surface area contributed by atoms with Crippen molar-refractivity contribution in [2.75, 3.05) is 6.54 Å². The van der Waals surface area contributed by atoms with Gasteiger partial charge in [0.05, 0.1) is 48.4 Å². The Labute approximate surface area is 145 Å². The van der Waals surface area contributed by atoms with Gasteiger partial charge in [0.2, 0.25) is 0 Å². The summed E-state index contributed by atoms with van der Waals surface area (Å²) in [7, 11) is 0. The molecule has 25 heavy (non-hydrogen) atoms. The lowest BCUT2D eigenvalue weighted by Gasteiger charge is -2.28. The molecule has 2 aromatic rings. The first-order chi connectivity index (χ1) is 12.1. The van der Waals surface area contributed by atoms with Gasteiger partial charge >= 0.3 is 5.97 Å². The van der Waals surface area contributed by atoms with Crippen molar-refractivity contribution in [2.24, 2.45) is 0 Å². The zero-order valence-electron chi connectivity index (χ0n) is 14.0. The summed E-state index contributed by atoms with van der Waals surface area (Å²) in [5.41, 5.74) is 3.51. The van der Waals surface area contributed by atoms with E-state index in [4.69, 9.17) is 5.11 Å². The van der Waals surface area contributed by atoms with Crippen LogP contribution in [-0.2, 0) is 37.3 Å². The third-order valence-electron chi connectivity index (χ3n) is 4.94. The number of carboxylic acids is 1. The molecule has 2 aliphatic heterocycles. The summed E-state index contributed by atoms with van der Waals surface area (Å²) in [6, 6.07) is 1.91. The summed E-state index contributed by atoms with van der Waals surface area (Å²) in [5, 5.41) is 17.6. The molecule has 0 radical (unpaired) electrons. The van der Waals surface area contributed by atoms with Gasteiger partial charge in [-0.2, -0.15) is 10.2 Å². The highest BCUT2D eigenvalue weighted by atomic mass is 16.4. The molecule has 1 N–H and O–H groups in total. The van der Waals surface area contributed by atoms with Gasteiger partial charge in [0, 0.05) is 19.5 Å². The molecule has 132 valence electrons. The number of rotatable bonds is 4. The Balaban J connectivity index is 1.49. The summed E-state index contributed by atoms with van der Waals surface area (Å²) in [5.74, 6) is -0.795. The minimum absolute atomic E-state index is 0.0303. The second-order valence-corrected chi connectivity index (χ2v) is 6.66. The van der Waals surface area contributed by atoms with Gasteiger partial charge in [-0.1, -0.05) is 0 Å². The van der Waals surface area contributed by atoms with Gasteiger partial charge in [0.25, 0.3) is 5.91 Å². The summed E-state index contributed by atoms with van der Waals surface area (Å²) >= 11 is 0. The van der Waals surface area contributed by atoms with Gasteiger partial charge in [0.1, 0.15) is 0 Å². The maximum absolute atomic E-state index is 12.9. The van der Waals surface area contributed by atoms with Crippen LogP contribution in [0, 0.1) is 0 Å². The highest BCUT2D eigenvalue weighted by Gasteiger charge is 2.27. The van der Waals surface area contributed by atoms with Crippen molar-refractivity contribution in [1.82, 2.24) is 24.5 Å². The second kappa shape index (κ2) is 6.34. The van der Waals surface area contributed by atoms with Gasteiger partial charge in [-0.25, -0.2) is 0 Å². The molecule has 8 heteroatoms. The molecule has 0 saturated heterocycles. The van der Waals surface area contributed by atoms with Crippen molar-refractivity contribution in [3.63, 3.8) is 0 Å². The maximum atomic E-state index is 12.9. The fourth-order valence-corrected chi connectivity index (χ4v) is 3.63. The summed E-state index contributed by atoms with van der Waals surface area (Å²) in [4.78, 5) is 25.5. The Kier molecular flexibility index (Phi) is 4.03. The largest absolute Gasteiger partial charge is 0.481 e. The Morgan fingerprint density at radius 2 is 2.04 bits per heavy atom. The predicted molar refractivity (Wildman–Crippen MR) is 88.1 cm³/mol. The first-order valence-electron chi connectivity index (χ1n) is 8.73. The molecule has 0 spiro atoms. The van der Waals surface area contributed by atoms with Crippen LogP contribution in [0.15, 0.2) is 12.3 Å². The fourth-order valence-electron chi connectivity index (χ4n) is 3.63. The van der Waals surface area contributed by atoms with Crippen LogP contribution < -0.4 is 0 Å². The molecule has 0 bridgehead atoms. The van der Waals surface area contributed by atoms with E-state index in [1.54, 1.807) is 6.20 Å². The second-order valence-electron chi connectivity index (χ2n) is 6.66. The van der Waals surface area contributed by atoms with Crippen LogP contribution in [0.4, 0.5) is 0 Å². The Hall–Kier alpha value is -2.64. The van der Waals surface area contributed by atoms with E-state index < -0.39 is 5.97 Å². The van der Waals surface area contributed by atoms with Crippen LogP contribution in [0.5, 0.6) is 0 Å². The third-order valence-corrected chi connectivity index (χ3v) is 4.94. The molecule has 0 fully saturated rings. The zero-order valence-corrected chi connectivity index (χ0v) is 14.0. The van der Waals surface area contributed by atoms with Gasteiger partial charge in [-0.15, -0.1) is 0 Å². The monoisotopic (exact) mass is 343 g/mol. The van der Waals surface area contributed by atoms with E-state index in [9.17, 15) is 9.59 Å². The number of amides is 1. The molecule has 2 aliphatic rings. The van der Waals surface area contributed by atoms with Crippen molar-refractivity contribution >= 4 is 11.9 Å². The van der Waals surface area contributed by atoms with E-state index in [-0.39, 0.29) is 12.3 Å². The van der Waals surface area contributed by atoms with Crippen molar-refractivity contribution < 1.29 is 14.7 Å². The quantitative estimate of drug-likeness (QED) is 0.897. The number of carbonyl (C=O) groups excluding carboxylic acids is 1. The van der Waals surface area contributed by atoms with E-state index in [1.807, 2.05) is 20.3 Å². The average molecular weight is 343 g/mol. The zero-order chi connectivity index (χ0) is 17.4. The summed E-state index contributed by atoms with van der Waals surface area (Å²) in [6.07, 6.45) is 5.32. The minimum Gasteiger partial charge on any atom is -0.481 e. The molecule has 4 rings (SSSR count). The summed E-state index contributed by atoms with van der Waals surface area (Å²) < 4.78 is 3.84. The van der Waals surface area contributed by atoms with Gasteiger partial charge in [0.15, 0.2) is 0 Å². The molecule has 0 atom stereocenters. The Bertz CT molecular complexity index is 822. The van der Waals surface area contributed by atoms with Crippen molar-refractivity contribution in [3.05, 3.63) is 34.9 Å². The fraction of sp³-hybridized carbons (Fsp3) is 0.529. The number of carboxylic acid groups (broad SMARTS) is 1. The summed E-state index contributed by atoms with van der Waals surface area (Å²) in [6.45, 7) is 2.64. The molecule has 0 saturated carbocycles. The molecule has 0 aromatic carbocycles. The topological polar surface area (TPSA) is 93.2 Å². The number of hydrogen-bond acceptors (Lipinski definition) is 4. The van der Waals surface area contributed by atoms with Crippen LogP contribution in [0.25, 0.3) is 0 Å². The first-order valence-corrected chi connectivity index (χ1v) is 8.73. The first kappa shape index (κ1) is 15.9. The third kappa shape index (κ3) is 3.04. The van der Waals surface area contributed by atoms with Crippen LogP contribution in [0.2, 0.25) is 0 Å². The molecule has 1 amide bonds. The van der Waals surface area contributed by atoms with Gasteiger partial charge in [-0.3, -0.25) is 19.0 Å². The van der Waals surface area contributed by atoms with E-state index in [2.05, 4.69) is 10.2 Å². The van der Waals surface area contributed by atoms with E-state index in [0.717, 1.165) is 48.5 Å². The number of nitrogens with zero attached hydrogens (tertiary/aromatic N) is 5. The standard InChI is InChI=1S/C17H21N5O3/c23-16(24)5-4-12-9-13-11-20(7-8-21(13)19-12)17(25)14-10-18-22-6-2-1-3-15(14)22/h9-10H,1-8,11H2,(H,23,24). The van der Waals surface area contributed by atoms with Crippen LogP contribution in [0.3, 0.4) is 0 Å². The van der Waals surface area contributed by atoms with E-state index >= 15 is 0 Å². The molecular weight excluding hydrogens is 322 g/mol. The Morgan fingerprint density at radius 3 is 2.88 bits per heavy atom. The Morgan fingerprint density at radius 1 is 1.16 bits per heavy atom. The molecule has 4 heterocycles. The van der Waals surface area contributed by atoms with Crippen molar-refractivity contribution in [1.29, 1.82) is 0 Å². The SMILES string of the molecule is O=C(O)CCc1cc2n(n1)CCN(C(=O)c1cnn3c1CCCC3)C2.